The molecular weight excluding hydrogens is 298 g/mol. The topological polar surface area (TPSA) is 89.5 Å². The van der Waals surface area contributed by atoms with Crippen molar-refractivity contribution in [2.45, 2.75) is 6.92 Å². The predicted octanol–water partition coefficient (Wildman–Crippen LogP) is 1.98. The number of pyridine rings is 1. The second-order valence-electron chi connectivity index (χ2n) is 4.69. The maximum atomic E-state index is 12.0. The van der Waals surface area contributed by atoms with Crippen molar-refractivity contribution in [2.75, 3.05) is 24.9 Å². The van der Waals surface area contributed by atoms with E-state index in [1.165, 1.54) is 14.2 Å². The third kappa shape index (κ3) is 4.19. The average Bonchev–Trinajstić information content (AvgIpc) is 2.55. The highest BCUT2D eigenvalue weighted by Gasteiger charge is 2.17. The van der Waals surface area contributed by atoms with Crippen LogP contribution < -0.4 is 20.1 Å². The standard InChI is InChI=1S/C16H17N3O4/c1-10-6-7-17-14(8-10)19-16(21)15(20)18-12-5-4-11(22-2)9-13(12)23-3/h4-9H,1-3H3,(H,18,20)(H,17,19,21). The fourth-order valence-corrected chi connectivity index (χ4v) is 1.86. The molecule has 0 radical (unpaired) electrons. The molecular formula is C16H17N3O4. The lowest BCUT2D eigenvalue weighted by Crippen LogP contribution is -2.29. The molecule has 0 atom stereocenters. The number of amides is 2. The van der Waals surface area contributed by atoms with Crippen LogP contribution in [0.1, 0.15) is 5.56 Å². The fourth-order valence-electron chi connectivity index (χ4n) is 1.86. The zero-order valence-corrected chi connectivity index (χ0v) is 13.0. The first-order chi connectivity index (χ1) is 11.0. The number of nitrogens with one attached hydrogen (secondary N) is 2. The zero-order valence-electron chi connectivity index (χ0n) is 13.0. The van der Waals surface area contributed by atoms with Crippen LogP contribution in [0, 0.1) is 6.92 Å². The first-order valence-corrected chi connectivity index (χ1v) is 6.80. The number of aryl methyl sites for hydroxylation is 1. The Bertz CT molecular complexity index is 731. The Morgan fingerprint density at radius 3 is 2.39 bits per heavy atom. The molecule has 1 aromatic carbocycles. The van der Waals surface area contributed by atoms with Crippen molar-refractivity contribution in [1.29, 1.82) is 0 Å². The van der Waals surface area contributed by atoms with E-state index in [2.05, 4.69) is 15.6 Å². The van der Waals surface area contributed by atoms with Gasteiger partial charge in [0.05, 0.1) is 19.9 Å². The Labute approximate surface area is 133 Å². The number of aromatic nitrogens is 1. The highest BCUT2D eigenvalue weighted by molar-refractivity contribution is 6.43. The summed E-state index contributed by atoms with van der Waals surface area (Å²) in [4.78, 5) is 27.9. The zero-order chi connectivity index (χ0) is 16.8. The molecule has 0 aliphatic rings. The summed E-state index contributed by atoms with van der Waals surface area (Å²) in [6, 6.07) is 8.30. The summed E-state index contributed by atoms with van der Waals surface area (Å²) >= 11 is 0. The number of carbonyl (C=O) groups excluding carboxylic acids is 2. The molecule has 7 nitrogen and oxygen atoms in total. The van der Waals surface area contributed by atoms with E-state index in [4.69, 9.17) is 9.47 Å². The summed E-state index contributed by atoms with van der Waals surface area (Å²) in [5, 5.41) is 4.92. The lowest BCUT2D eigenvalue weighted by molar-refractivity contribution is -0.133. The number of benzene rings is 1. The van der Waals surface area contributed by atoms with Crippen molar-refractivity contribution >= 4 is 23.3 Å². The molecule has 23 heavy (non-hydrogen) atoms. The maximum absolute atomic E-state index is 12.0. The molecule has 0 saturated carbocycles. The van der Waals surface area contributed by atoms with E-state index >= 15 is 0 Å². The van der Waals surface area contributed by atoms with Crippen molar-refractivity contribution in [3.63, 3.8) is 0 Å². The first kappa shape index (κ1) is 16.3. The minimum absolute atomic E-state index is 0.312. The predicted molar refractivity (Wildman–Crippen MR) is 85.8 cm³/mol. The Morgan fingerprint density at radius 1 is 1.00 bits per heavy atom. The van der Waals surface area contributed by atoms with Gasteiger partial charge in [0.2, 0.25) is 0 Å². The van der Waals surface area contributed by atoms with E-state index in [0.29, 0.717) is 23.0 Å². The summed E-state index contributed by atoms with van der Waals surface area (Å²) in [7, 11) is 2.98. The van der Waals surface area contributed by atoms with Crippen LogP contribution in [0.4, 0.5) is 11.5 Å². The molecule has 1 heterocycles. The van der Waals surface area contributed by atoms with Gasteiger partial charge < -0.3 is 20.1 Å². The number of methoxy groups -OCH3 is 2. The van der Waals surface area contributed by atoms with Gasteiger partial charge in [0, 0.05) is 12.3 Å². The van der Waals surface area contributed by atoms with E-state index in [-0.39, 0.29) is 0 Å². The molecule has 0 aliphatic carbocycles. The summed E-state index contributed by atoms with van der Waals surface area (Å²) in [5.41, 5.74) is 1.29. The molecule has 0 spiro atoms. The fraction of sp³-hybridized carbons (Fsp3) is 0.188. The molecule has 2 N–H and O–H groups in total. The number of anilines is 2. The number of ether oxygens (including phenoxy) is 2. The third-order valence-corrected chi connectivity index (χ3v) is 3.02. The lowest BCUT2D eigenvalue weighted by Gasteiger charge is -2.11. The Morgan fingerprint density at radius 2 is 1.74 bits per heavy atom. The number of hydrogen-bond acceptors (Lipinski definition) is 5. The van der Waals surface area contributed by atoms with Crippen LogP contribution in [0.15, 0.2) is 36.5 Å². The van der Waals surface area contributed by atoms with Gasteiger partial charge >= 0.3 is 11.8 Å². The average molecular weight is 315 g/mol. The van der Waals surface area contributed by atoms with E-state index in [1.54, 1.807) is 36.5 Å². The van der Waals surface area contributed by atoms with Crippen LogP contribution in [0.25, 0.3) is 0 Å². The van der Waals surface area contributed by atoms with Gasteiger partial charge in [-0.1, -0.05) is 0 Å². The monoisotopic (exact) mass is 315 g/mol. The van der Waals surface area contributed by atoms with Gasteiger partial charge in [-0.2, -0.15) is 0 Å². The molecule has 7 heteroatoms. The van der Waals surface area contributed by atoms with Crippen molar-refractivity contribution in [3.05, 3.63) is 42.1 Å². The van der Waals surface area contributed by atoms with Crippen LogP contribution in [-0.2, 0) is 9.59 Å². The Hall–Kier alpha value is -3.09. The molecule has 1 aromatic heterocycles. The Kier molecular flexibility index (Phi) is 5.14. The summed E-state index contributed by atoms with van der Waals surface area (Å²) in [6.07, 6.45) is 1.55. The maximum Gasteiger partial charge on any atom is 0.315 e. The molecule has 0 aliphatic heterocycles. The van der Waals surface area contributed by atoms with E-state index in [0.717, 1.165) is 5.56 Å². The van der Waals surface area contributed by atoms with E-state index in [9.17, 15) is 9.59 Å². The summed E-state index contributed by atoms with van der Waals surface area (Å²) in [5.74, 6) is -0.364. The van der Waals surface area contributed by atoms with Crippen molar-refractivity contribution < 1.29 is 19.1 Å². The molecule has 2 aromatic rings. The van der Waals surface area contributed by atoms with Gasteiger partial charge in [-0.05, 0) is 36.8 Å². The van der Waals surface area contributed by atoms with Crippen LogP contribution >= 0.6 is 0 Å². The quantitative estimate of drug-likeness (QED) is 0.842. The van der Waals surface area contributed by atoms with Gasteiger partial charge in [0.15, 0.2) is 0 Å². The molecule has 0 unspecified atom stereocenters. The molecule has 0 saturated heterocycles. The third-order valence-electron chi connectivity index (χ3n) is 3.02. The molecule has 0 bridgehead atoms. The second kappa shape index (κ2) is 7.26. The largest absolute Gasteiger partial charge is 0.497 e. The number of carbonyl (C=O) groups is 2. The van der Waals surface area contributed by atoms with Crippen LogP contribution in [0.2, 0.25) is 0 Å². The van der Waals surface area contributed by atoms with Crippen LogP contribution in [0.5, 0.6) is 11.5 Å². The molecule has 120 valence electrons. The number of rotatable bonds is 4. The molecule has 0 fully saturated rings. The van der Waals surface area contributed by atoms with Crippen molar-refractivity contribution in [3.8, 4) is 11.5 Å². The van der Waals surface area contributed by atoms with E-state index < -0.39 is 11.8 Å². The first-order valence-electron chi connectivity index (χ1n) is 6.80. The number of nitrogens with zero attached hydrogens (tertiary/aromatic N) is 1. The minimum atomic E-state index is -0.822. The van der Waals surface area contributed by atoms with Gasteiger partial charge in [0.25, 0.3) is 0 Å². The van der Waals surface area contributed by atoms with Gasteiger partial charge in [-0.3, -0.25) is 9.59 Å². The van der Waals surface area contributed by atoms with Crippen molar-refractivity contribution in [2.24, 2.45) is 0 Å². The molecule has 2 rings (SSSR count). The second-order valence-corrected chi connectivity index (χ2v) is 4.69. The van der Waals surface area contributed by atoms with Crippen molar-refractivity contribution in [1.82, 2.24) is 4.98 Å². The highest BCUT2D eigenvalue weighted by atomic mass is 16.5. The van der Waals surface area contributed by atoms with Gasteiger partial charge in [-0.15, -0.1) is 0 Å². The highest BCUT2D eigenvalue weighted by Crippen LogP contribution is 2.28. The minimum Gasteiger partial charge on any atom is -0.497 e. The van der Waals surface area contributed by atoms with Crippen LogP contribution in [-0.4, -0.2) is 31.0 Å². The molecule has 2 amide bonds. The van der Waals surface area contributed by atoms with Gasteiger partial charge in [0.1, 0.15) is 17.3 Å². The smallest absolute Gasteiger partial charge is 0.315 e. The normalized spacial score (nSPS) is 9.87. The SMILES string of the molecule is COc1ccc(NC(=O)C(=O)Nc2cc(C)ccn2)c(OC)c1. The summed E-state index contributed by atoms with van der Waals surface area (Å²) in [6.45, 7) is 1.86. The lowest BCUT2D eigenvalue weighted by atomic mass is 10.2. The Balaban J connectivity index is 2.08. The van der Waals surface area contributed by atoms with E-state index in [1.807, 2.05) is 6.92 Å². The van der Waals surface area contributed by atoms with Gasteiger partial charge in [-0.25, -0.2) is 4.98 Å². The van der Waals surface area contributed by atoms with Crippen LogP contribution in [0.3, 0.4) is 0 Å². The summed E-state index contributed by atoms with van der Waals surface area (Å²) < 4.78 is 10.2. The number of hydrogen-bond donors (Lipinski definition) is 2.